The average molecular weight is 207 g/mol. The number of carbonyl (C=O) groups is 1. The third-order valence-corrected chi connectivity index (χ3v) is 1.51. The number of carboxylic acids is 1. The number of hydrogen-bond acceptors (Lipinski definition) is 4. The summed E-state index contributed by atoms with van der Waals surface area (Å²) in [7, 11) is 0. The molecule has 0 spiro atoms. The van der Waals surface area contributed by atoms with Crippen molar-refractivity contribution in [2.45, 2.75) is 18.9 Å². The minimum absolute atomic E-state index is 0. The zero-order valence-electron chi connectivity index (χ0n) is 5.99. The van der Waals surface area contributed by atoms with Crippen molar-refractivity contribution in [1.29, 1.82) is 0 Å². The molecule has 0 aliphatic carbocycles. The van der Waals surface area contributed by atoms with Crippen molar-refractivity contribution in [1.82, 2.24) is 11.2 Å². The summed E-state index contributed by atoms with van der Waals surface area (Å²) in [6, 6.07) is -0.662. The Morgan fingerprint density at radius 2 is 2.09 bits per heavy atom. The van der Waals surface area contributed by atoms with Gasteiger partial charge in [-0.3, -0.25) is 4.79 Å². The van der Waals surface area contributed by atoms with Crippen molar-refractivity contribution in [2.75, 3.05) is 6.54 Å². The first-order chi connectivity index (χ1) is 4.22. The third kappa shape index (κ3) is 3.17. The van der Waals surface area contributed by atoms with Crippen LogP contribution in [0.15, 0.2) is 0 Å². The van der Waals surface area contributed by atoms with Gasteiger partial charge in [-0.05, 0) is 12.8 Å². The molecule has 11 heavy (non-hydrogen) atoms. The van der Waals surface area contributed by atoms with Crippen molar-refractivity contribution in [3.8, 4) is 0 Å². The molecule has 0 bridgehead atoms. The molecule has 0 aromatic rings. The number of aliphatic carboxylic acids is 1. The average Bonchev–Trinajstić information content (AvgIpc) is 2.13. The van der Waals surface area contributed by atoms with Crippen LogP contribution in [0.1, 0.15) is 12.8 Å². The SMILES string of the molecule is N.O=C(O)C1CCCN1O.[Co]. The standard InChI is InChI=1S/C5H9NO3.Co.H3N/c7-5(8)4-2-1-3-6(4)9;;/h4,9H,1-3H2,(H,7,8);;1H3. The quantitative estimate of drug-likeness (QED) is 0.566. The number of rotatable bonds is 1. The molecule has 0 aromatic heterocycles. The first-order valence-electron chi connectivity index (χ1n) is 2.90. The molecule has 1 rings (SSSR count). The zero-order chi connectivity index (χ0) is 6.85. The maximum atomic E-state index is 10.2. The van der Waals surface area contributed by atoms with E-state index in [0.717, 1.165) is 11.5 Å². The van der Waals surface area contributed by atoms with Gasteiger partial charge in [0.15, 0.2) is 0 Å². The van der Waals surface area contributed by atoms with E-state index in [4.69, 9.17) is 10.3 Å². The van der Waals surface area contributed by atoms with Crippen LogP contribution in [0.2, 0.25) is 0 Å². The number of hydroxylamine groups is 2. The fourth-order valence-electron chi connectivity index (χ4n) is 1.00. The van der Waals surface area contributed by atoms with Gasteiger partial charge >= 0.3 is 5.97 Å². The van der Waals surface area contributed by atoms with Crippen LogP contribution in [0.3, 0.4) is 0 Å². The molecule has 1 unspecified atom stereocenters. The topological polar surface area (TPSA) is 95.8 Å². The monoisotopic (exact) mass is 207 g/mol. The van der Waals surface area contributed by atoms with Crippen LogP contribution in [0, 0.1) is 0 Å². The van der Waals surface area contributed by atoms with E-state index < -0.39 is 12.0 Å². The molecule has 1 aliphatic rings. The van der Waals surface area contributed by atoms with Gasteiger partial charge < -0.3 is 16.5 Å². The van der Waals surface area contributed by atoms with Crippen molar-refractivity contribution >= 4 is 5.97 Å². The fraction of sp³-hybridized carbons (Fsp3) is 0.800. The number of carboxylic acid groups (broad SMARTS) is 1. The van der Waals surface area contributed by atoms with Gasteiger partial charge in [-0.2, -0.15) is 5.06 Å². The summed E-state index contributed by atoms with van der Waals surface area (Å²) in [4.78, 5) is 10.2. The minimum atomic E-state index is -0.935. The van der Waals surface area contributed by atoms with Crippen LogP contribution < -0.4 is 6.15 Å². The molecule has 1 fully saturated rings. The molecular weight excluding hydrogens is 195 g/mol. The van der Waals surface area contributed by atoms with Gasteiger partial charge in [0.05, 0.1) is 0 Å². The summed E-state index contributed by atoms with van der Waals surface area (Å²) in [6.07, 6.45) is 1.33. The molecule has 0 saturated carbocycles. The largest absolute Gasteiger partial charge is 0.480 e. The smallest absolute Gasteiger partial charge is 0.323 e. The van der Waals surface area contributed by atoms with E-state index in [9.17, 15) is 4.79 Å². The second kappa shape index (κ2) is 5.50. The van der Waals surface area contributed by atoms with Gasteiger partial charge in [-0.1, -0.05) is 0 Å². The maximum Gasteiger partial charge on any atom is 0.323 e. The summed E-state index contributed by atoms with van der Waals surface area (Å²) in [5, 5.41) is 18.1. The minimum Gasteiger partial charge on any atom is -0.480 e. The van der Waals surface area contributed by atoms with E-state index in [2.05, 4.69) is 0 Å². The van der Waals surface area contributed by atoms with Gasteiger partial charge in [-0.15, -0.1) is 0 Å². The molecule has 5 nitrogen and oxygen atoms in total. The fourth-order valence-corrected chi connectivity index (χ4v) is 1.00. The Kier molecular flexibility index (Phi) is 6.72. The number of nitrogens with zero attached hydrogens (tertiary/aromatic N) is 1. The van der Waals surface area contributed by atoms with E-state index in [0.29, 0.717) is 13.0 Å². The molecular formula is C5H12CoN2O3. The normalized spacial score (nSPS) is 23.5. The van der Waals surface area contributed by atoms with E-state index in [1.54, 1.807) is 0 Å². The summed E-state index contributed by atoms with van der Waals surface area (Å²) >= 11 is 0. The van der Waals surface area contributed by atoms with Gasteiger partial charge in [-0.25, -0.2) is 0 Å². The molecule has 0 aromatic carbocycles. The molecule has 69 valence electrons. The van der Waals surface area contributed by atoms with Crippen LogP contribution in [0.25, 0.3) is 0 Å². The molecule has 0 amide bonds. The third-order valence-electron chi connectivity index (χ3n) is 1.51. The Hall–Kier alpha value is -0.144. The van der Waals surface area contributed by atoms with Gasteiger partial charge in [0, 0.05) is 23.3 Å². The van der Waals surface area contributed by atoms with Crippen LogP contribution in [-0.2, 0) is 21.6 Å². The van der Waals surface area contributed by atoms with E-state index in [1.165, 1.54) is 0 Å². The van der Waals surface area contributed by atoms with Gasteiger partial charge in [0.25, 0.3) is 0 Å². The first kappa shape index (κ1) is 13.4. The van der Waals surface area contributed by atoms with Crippen LogP contribution >= 0.6 is 0 Å². The van der Waals surface area contributed by atoms with Crippen LogP contribution in [0.4, 0.5) is 0 Å². The van der Waals surface area contributed by atoms with Crippen LogP contribution in [-0.4, -0.2) is 33.9 Å². The van der Waals surface area contributed by atoms with Crippen molar-refractivity contribution < 1.29 is 31.9 Å². The molecule has 1 saturated heterocycles. The number of hydrogen-bond donors (Lipinski definition) is 3. The molecule has 1 atom stereocenters. The predicted molar refractivity (Wildman–Crippen MR) is 34.2 cm³/mol. The Balaban J connectivity index is 0. The maximum absolute atomic E-state index is 10.2. The molecule has 1 radical (unpaired) electrons. The van der Waals surface area contributed by atoms with E-state index >= 15 is 0 Å². The summed E-state index contributed by atoms with van der Waals surface area (Å²) in [5.74, 6) is -0.935. The molecule has 1 heterocycles. The Bertz CT molecular complexity index is 133. The van der Waals surface area contributed by atoms with Crippen molar-refractivity contribution in [3.63, 3.8) is 0 Å². The molecule has 5 N–H and O–H groups in total. The van der Waals surface area contributed by atoms with Crippen LogP contribution in [0.5, 0.6) is 0 Å². The summed E-state index contributed by atoms with van der Waals surface area (Å²) in [6.45, 7) is 0.483. The Labute approximate surface area is 75.1 Å². The summed E-state index contributed by atoms with van der Waals surface area (Å²) < 4.78 is 0. The van der Waals surface area contributed by atoms with E-state index in [1.807, 2.05) is 0 Å². The summed E-state index contributed by atoms with van der Waals surface area (Å²) in [5.41, 5.74) is 0. The molecule has 1 aliphatic heterocycles. The second-order valence-corrected chi connectivity index (χ2v) is 2.16. The second-order valence-electron chi connectivity index (χ2n) is 2.16. The first-order valence-corrected chi connectivity index (χ1v) is 2.90. The molecule has 6 heteroatoms. The van der Waals surface area contributed by atoms with Gasteiger partial charge in [0.1, 0.15) is 6.04 Å². The predicted octanol–water partition coefficient (Wildman–Crippen LogP) is 0.0841. The van der Waals surface area contributed by atoms with Gasteiger partial charge in [0.2, 0.25) is 0 Å². The zero-order valence-corrected chi connectivity index (χ0v) is 7.03. The Morgan fingerprint density at radius 1 is 1.55 bits per heavy atom. The van der Waals surface area contributed by atoms with Crippen molar-refractivity contribution in [3.05, 3.63) is 0 Å². The Morgan fingerprint density at radius 3 is 2.27 bits per heavy atom. The van der Waals surface area contributed by atoms with Crippen molar-refractivity contribution in [2.24, 2.45) is 0 Å². The van der Waals surface area contributed by atoms with E-state index in [-0.39, 0.29) is 22.9 Å².